The van der Waals surface area contributed by atoms with Crippen LogP contribution in [0, 0.1) is 0 Å². The van der Waals surface area contributed by atoms with Gasteiger partial charge in [0.05, 0.1) is 24.0 Å². The van der Waals surface area contributed by atoms with Gasteiger partial charge in [-0.1, -0.05) is 120 Å². The van der Waals surface area contributed by atoms with Gasteiger partial charge in [-0.2, -0.15) is 0 Å². The van der Waals surface area contributed by atoms with Gasteiger partial charge in [0.15, 0.2) is 0 Å². The van der Waals surface area contributed by atoms with Crippen LogP contribution in [-0.2, 0) is 23.3 Å². The number of fused-ring (bicyclic) bond motifs is 2. The average molecular weight is 763 g/mol. The molecule has 2 aromatic heterocycles. The van der Waals surface area contributed by atoms with E-state index in [-0.39, 0.29) is 30.2 Å². The minimum absolute atomic E-state index is 0. The van der Waals surface area contributed by atoms with Crippen LogP contribution in [0.4, 0.5) is 0 Å². The van der Waals surface area contributed by atoms with E-state index in [4.69, 9.17) is 8.83 Å². The molecule has 0 bridgehead atoms. The minimum Gasteiger partial charge on any atom is -1.00 e. The predicted molar refractivity (Wildman–Crippen MR) is 190 cm³/mol. The second-order valence-corrected chi connectivity index (χ2v) is 20.9. The first-order chi connectivity index (χ1) is 22.6. The van der Waals surface area contributed by atoms with Crippen molar-refractivity contribution in [3.05, 3.63) is 192 Å². The Bertz CT molecular complexity index is 1830. The summed E-state index contributed by atoms with van der Waals surface area (Å²) in [6.45, 7) is 4.62. The van der Waals surface area contributed by atoms with Gasteiger partial charge in [0.1, 0.15) is 0 Å². The molecule has 0 N–H and O–H groups in total. The minimum atomic E-state index is 0. The molecule has 0 saturated heterocycles. The molecule has 2 aliphatic rings. The van der Waals surface area contributed by atoms with Crippen molar-refractivity contribution >= 4 is 17.6 Å². The molecule has 2 atom stereocenters. The SMILES string of the molecule is C1=Cc2[cH-]c(-c3ccco3)cc2C(c2ccccc2)C=C1.C1=Cc2[cH-]c(-c3ccco3)cc2C(c2ccccc2)C=C1.C[Si](C)=[Zr+2].[Cl-].[Cl-]. The Kier molecular flexibility index (Phi) is 14.1. The molecule has 48 heavy (non-hydrogen) atoms. The molecular formula is C42H36Cl2O2SiZr-2. The molecule has 4 aromatic carbocycles. The molecule has 8 rings (SSSR count). The van der Waals surface area contributed by atoms with Gasteiger partial charge in [-0.05, 0) is 35.1 Å². The van der Waals surface area contributed by atoms with E-state index in [0.717, 1.165) is 22.6 Å². The number of benzene rings is 2. The van der Waals surface area contributed by atoms with Crippen molar-refractivity contribution in [2.24, 2.45) is 0 Å². The Morgan fingerprint density at radius 2 is 0.958 bits per heavy atom. The van der Waals surface area contributed by atoms with E-state index < -0.39 is 0 Å². The first-order valence-corrected chi connectivity index (χ1v) is 21.8. The number of furan rings is 2. The smallest absolute Gasteiger partial charge is 1.00 e. The molecule has 0 radical (unpaired) electrons. The zero-order valence-corrected chi connectivity index (χ0v) is 31.9. The number of halogens is 2. The summed E-state index contributed by atoms with van der Waals surface area (Å²) in [4.78, 5) is 0. The molecule has 240 valence electrons. The van der Waals surface area contributed by atoms with Crippen LogP contribution in [0.25, 0.3) is 34.8 Å². The number of hydrogen-bond donors (Lipinski definition) is 0. The van der Waals surface area contributed by atoms with E-state index in [1.807, 2.05) is 24.3 Å². The molecular weight excluding hydrogens is 727 g/mol. The zero-order valence-electron chi connectivity index (χ0n) is 26.9. The largest absolute Gasteiger partial charge is 1.00 e. The van der Waals surface area contributed by atoms with Crippen LogP contribution in [0.1, 0.15) is 45.2 Å². The fourth-order valence-corrected chi connectivity index (χ4v) is 5.86. The molecule has 2 aliphatic carbocycles. The number of allylic oxidation sites excluding steroid dienone is 6. The van der Waals surface area contributed by atoms with Crippen molar-refractivity contribution in [3.8, 4) is 22.6 Å². The van der Waals surface area contributed by atoms with E-state index in [1.54, 1.807) is 35.9 Å². The molecule has 0 aliphatic heterocycles. The van der Waals surface area contributed by atoms with Gasteiger partial charge in [0, 0.05) is 0 Å². The van der Waals surface area contributed by atoms with E-state index in [1.165, 1.54) is 33.4 Å². The van der Waals surface area contributed by atoms with Gasteiger partial charge in [-0.25, -0.2) is 0 Å². The van der Waals surface area contributed by atoms with Crippen molar-refractivity contribution in [3.63, 3.8) is 0 Å². The summed E-state index contributed by atoms with van der Waals surface area (Å²) in [7, 11) is 0. The quantitative estimate of drug-likeness (QED) is 0.174. The molecule has 2 heterocycles. The van der Waals surface area contributed by atoms with Gasteiger partial charge < -0.3 is 33.6 Å². The molecule has 2 unspecified atom stereocenters. The van der Waals surface area contributed by atoms with Crippen molar-refractivity contribution < 1.29 is 57.0 Å². The van der Waals surface area contributed by atoms with Gasteiger partial charge in [0.25, 0.3) is 0 Å². The summed E-state index contributed by atoms with van der Waals surface area (Å²) in [6.07, 6.45) is 20.8. The van der Waals surface area contributed by atoms with Crippen LogP contribution in [0.2, 0.25) is 13.1 Å². The van der Waals surface area contributed by atoms with Crippen molar-refractivity contribution in [2.45, 2.75) is 24.9 Å². The standard InChI is InChI=1S/2C20H15O.C2H6Si.2ClH.Zr/c2*1-2-7-15(8-3-1)18-10-5-4-9-16-13-17(14-19(16)18)20-11-6-12-21-20;1-3-2;;;/h2*1-14,18H;1-2H3;2*1H;/q2*-1;;;;+2/p-2. The fraction of sp³-hybridized carbons (Fsp3) is 0.0952. The first-order valence-electron chi connectivity index (χ1n) is 15.6. The van der Waals surface area contributed by atoms with Crippen LogP contribution in [0.15, 0.2) is 167 Å². The van der Waals surface area contributed by atoms with Crippen molar-refractivity contribution in [2.75, 3.05) is 0 Å². The summed E-state index contributed by atoms with van der Waals surface area (Å²) in [5, 5.41) is 0. The van der Waals surface area contributed by atoms with Crippen LogP contribution in [-0.4, -0.2) is 5.43 Å². The topological polar surface area (TPSA) is 26.3 Å². The summed E-state index contributed by atoms with van der Waals surface area (Å²) in [5.41, 5.74) is 10.3. The normalized spacial score (nSPS) is 15.2. The van der Waals surface area contributed by atoms with Gasteiger partial charge in [-0.3, -0.25) is 0 Å². The van der Waals surface area contributed by atoms with Crippen LogP contribution < -0.4 is 24.8 Å². The number of rotatable bonds is 4. The van der Waals surface area contributed by atoms with Gasteiger partial charge in [-0.15, -0.1) is 58.7 Å². The molecule has 0 saturated carbocycles. The molecule has 0 amide bonds. The maximum absolute atomic E-state index is 5.53. The summed E-state index contributed by atoms with van der Waals surface area (Å²) < 4.78 is 11.1. The van der Waals surface area contributed by atoms with E-state index >= 15 is 0 Å². The zero-order chi connectivity index (χ0) is 31.7. The Balaban J connectivity index is 0.000000188. The Morgan fingerprint density at radius 1 is 0.562 bits per heavy atom. The van der Waals surface area contributed by atoms with Crippen molar-refractivity contribution in [1.29, 1.82) is 0 Å². The first kappa shape index (κ1) is 37.2. The van der Waals surface area contributed by atoms with Crippen molar-refractivity contribution in [1.82, 2.24) is 0 Å². The monoisotopic (exact) mass is 760 g/mol. The number of hydrogen-bond acceptors (Lipinski definition) is 2. The Hall–Kier alpha value is -3.66. The van der Waals surface area contributed by atoms with Crippen LogP contribution in [0.5, 0.6) is 0 Å². The Morgan fingerprint density at radius 3 is 1.31 bits per heavy atom. The maximum atomic E-state index is 5.53. The van der Waals surface area contributed by atoms with E-state index in [0.29, 0.717) is 11.8 Å². The second kappa shape index (κ2) is 18.2. The predicted octanol–water partition coefficient (Wildman–Crippen LogP) is 5.55. The van der Waals surface area contributed by atoms with Gasteiger partial charge >= 0.3 is 41.9 Å². The summed E-state index contributed by atoms with van der Waals surface area (Å²) in [5.74, 6) is 2.43. The molecule has 6 heteroatoms. The molecule has 6 aromatic rings. The van der Waals surface area contributed by atoms with Crippen LogP contribution in [0.3, 0.4) is 0 Å². The summed E-state index contributed by atoms with van der Waals surface area (Å²) in [6, 6.07) is 38.0. The maximum Gasteiger partial charge on any atom is -1.00 e. The second-order valence-electron chi connectivity index (χ2n) is 11.5. The molecule has 0 spiro atoms. The third kappa shape index (κ3) is 9.27. The van der Waals surface area contributed by atoms with E-state index in [9.17, 15) is 0 Å². The van der Waals surface area contributed by atoms with Crippen LogP contribution >= 0.6 is 0 Å². The molecule has 2 nitrogen and oxygen atoms in total. The molecule has 0 fully saturated rings. The third-order valence-electron chi connectivity index (χ3n) is 7.89. The van der Waals surface area contributed by atoms with E-state index in [2.05, 4.69) is 147 Å². The Labute approximate surface area is 311 Å². The average Bonchev–Trinajstić information content (AvgIpc) is 3.89. The summed E-state index contributed by atoms with van der Waals surface area (Å²) >= 11 is 1.74. The fourth-order valence-electron chi connectivity index (χ4n) is 5.86. The van der Waals surface area contributed by atoms with Gasteiger partial charge in [0.2, 0.25) is 0 Å². The third-order valence-corrected chi connectivity index (χ3v) is 7.89.